The number of amides is 1. The maximum Gasteiger partial charge on any atom is 0.359 e. The summed E-state index contributed by atoms with van der Waals surface area (Å²) in [7, 11) is 5.43. The van der Waals surface area contributed by atoms with Gasteiger partial charge in [0.25, 0.3) is 5.91 Å². The third-order valence-electron chi connectivity index (χ3n) is 10.5. The summed E-state index contributed by atoms with van der Waals surface area (Å²) in [6.07, 6.45) is 4.37. The Morgan fingerprint density at radius 3 is 2.55 bits per heavy atom. The van der Waals surface area contributed by atoms with Crippen molar-refractivity contribution in [3.63, 3.8) is 0 Å². The van der Waals surface area contributed by atoms with E-state index in [4.69, 9.17) is 25.2 Å². The van der Waals surface area contributed by atoms with Gasteiger partial charge in [0.2, 0.25) is 0 Å². The largest absolute Gasteiger partial charge is 0.494 e. The number of ether oxygens (including phenoxy) is 2. The Kier molecular flexibility index (Phi) is 6.90. The van der Waals surface area contributed by atoms with E-state index in [9.17, 15) is 9.59 Å². The molecule has 3 fully saturated rings. The van der Waals surface area contributed by atoms with Crippen LogP contribution in [-0.4, -0.2) is 78.0 Å². The highest BCUT2D eigenvalue weighted by molar-refractivity contribution is 6.01. The van der Waals surface area contributed by atoms with Gasteiger partial charge in [-0.15, -0.1) is 0 Å². The number of carbonyl (C=O) groups is 2. The highest BCUT2D eigenvalue weighted by atomic mass is 16.5. The van der Waals surface area contributed by atoms with Crippen LogP contribution in [-0.2, 0) is 25.4 Å². The summed E-state index contributed by atoms with van der Waals surface area (Å²) in [6.45, 7) is 5.48. The molecule has 2 N–H and O–H groups in total. The van der Waals surface area contributed by atoms with Gasteiger partial charge in [0.1, 0.15) is 16.9 Å². The number of rotatable bonds is 8. The average molecular weight is 637 g/mol. The standard InChI is InChI=1S/C35H40N8O4/c1-6-47-35(45)30-28(18(2)41(4)39-30)23-11-9-20-14-26(42(32(20)37-23)16-19-7-8-19)33-38-24-13-22(15-27(46-5)31(24)40(33)3)34(44)43-17-21-10-12-25(43)29(21)36/h9,11,13-15,19,21,25,29H,6-8,10,12,16-17,36H2,1-5H3/t21?,25?,29-/m1/s1. The second-order valence-electron chi connectivity index (χ2n) is 13.3. The Labute approximate surface area is 272 Å². The predicted octanol–water partition coefficient (Wildman–Crippen LogP) is 4.46. The maximum atomic E-state index is 13.8. The van der Waals surface area contributed by atoms with Gasteiger partial charge in [0, 0.05) is 55.9 Å². The van der Waals surface area contributed by atoms with Gasteiger partial charge in [-0.2, -0.15) is 5.10 Å². The van der Waals surface area contributed by atoms with Crippen LogP contribution in [0.1, 0.15) is 59.1 Å². The van der Waals surface area contributed by atoms with E-state index < -0.39 is 5.97 Å². The molecule has 47 heavy (non-hydrogen) atoms. The number of benzene rings is 1. The van der Waals surface area contributed by atoms with Gasteiger partial charge in [-0.1, -0.05) is 0 Å². The van der Waals surface area contributed by atoms with Crippen molar-refractivity contribution in [3.05, 3.63) is 47.3 Å². The molecule has 5 aromatic rings. The third-order valence-corrected chi connectivity index (χ3v) is 10.5. The highest BCUT2D eigenvalue weighted by Crippen LogP contribution is 2.40. The van der Waals surface area contributed by atoms with E-state index in [1.54, 1.807) is 18.7 Å². The smallest absolute Gasteiger partial charge is 0.359 e. The van der Waals surface area contributed by atoms with Crippen LogP contribution in [0.15, 0.2) is 30.3 Å². The second kappa shape index (κ2) is 10.9. The van der Waals surface area contributed by atoms with Gasteiger partial charge in [0.05, 0.1) is 36.2 Å². The number of piperidine rings is 1. The lowest BCUT2D eigenvalue weighted by Gasteiger charge is -2.27. The van der Waals surface area contributed by atoms with Crippen molar-refractivity contribution in [3.8, 4) is 28.5 Å². The molecule has 4 aromatic heterocycles. The second-order valence-corrected chi connectivity index (χ2v) is 13.3. The summed E-state index contributed by atoms with van der Waals surface area (Å²) in [6, 6.07) is 9.96. The van der Waals surface area contributed by atoms with Crippen molar-refractivity contribution < 1.29 is 19.1 Å². The van der Waals surface area contributed by atoms with Crippen molar-refractivity contribution in [2.45, 2.75) is 58.2 Å². The van der Waals surface area contributed by atoms with Gasteiger partial charge in [-0.3, -0.25) is 9.48 Å². The number of carbonyl (C=O) groups excluding carboxylic acids is 2. The average Bonchev–Trinajstić information content (AvgIpc) is 3.26. The highest BCUT2D eigenvalue weighted by Gasteiger charge is 2.47. The summed E-state index contributed by atoms with van der Waals surface area (Å²) >= 11 is 0. The molecule has 12 heteroatoms. The van der Waals surface area contributed by atoms with Crippen LogP contribution in [0.25, 0.3) is 44.8 Å². The molecule has 3 atom stereocenters. The minimum atomic E-state index is -0.464. The number of nitrogens with two attached hydrogens (primary N) is 1. The third kappa shape index (κ3) is 4.63. The minimum absolute atomic E-state index is 0.0208. The van der Waals surface area contributed by atoms with E-state index in [2.05, 4.69) is 15.7 Å². The van der Waals surface area contributed by atoms with Crippen LogP contribution in [0.4, 0.5) is 0 Å². The Hall–Kier alpha value is -4.71. The first kappa shape index (κ1) is 29.7. The number of pyridine rings is 1. The summed E-state index contributed by atoms with van der Waals surface area (Å²) in [5, 5.41) is 5.44. The molecule has 1 aliphatic heterocycles. The van der Waals surface area contributed by atoms with E-state index in [-0.39, 0.29) is 30.3 Å². The molecule has 1 saturated heterocycles. The van der Waals surface area contributed by atoms with Crippen LogP contribution >= 0.6 is 0 Å². The molecule has 0 spiro atoms. The normalized spacial score (nSPS) is 20.6. The molecule has 2 unspecified atom stereocenters. The zero-order valence-corrected chi connectivity index (χ0v) is 27.5. The Bertz CT molecular complexity index is 2090. The zero-order chi connectivity index (χ0) is 32.7. The number of fused-ring (bicyclic) bond motifs is 4. The number of methoxy groups -OCH3 is 1. The lowest BCUT2D eigenvalue weighted by atomic mass is 10.1. The molecule has 1 aromatic carbocycles. The number of likely N-dealkylation sites (tertiary alicyclic amines) is 1. The Morgan fingerprint density at radius 1 is 1.06 bits per heavy atom. The minimum Gasteiger partial charge on any atom is -0.494 e. The first-order valence-corrected chi connectivity index (χ1v) is 16.5. The van der Waals surface area contributed by atoms with Crippen LogP contribution in [0.2, 0.25) is 0 Å². The topological polar surface area (TPSA) is 135 Å². The van der Waals surface area contributed by atoms with Gasteiger partial charge >= 0.3 is 5.97 Å². The molecule has 2 saturated carbocycles. The monoisotopic (exact) mass is 636 g/mol. The number of nitrogens with zero attached hydrogens (tertiary/aromatic N) is 7. The van der Waals surface area contributed by atoms with Gasteiger partial charge in [0.15, 0.2) is 11.5 Å². The van der Waals surface area contributed by atoms with Crippen LogP contribution in [0.5, 0.6) is 5.75 Å². The van der Waals surface area contributed by atoms with Crippen molar-refractivity contribution in [1.82, 2.24) is 33.8 Å². The summed E-state index contributed by atoms with van der Waals surface area (Å²) < 4.78 is 17.2. The number of hydrogen-bond acceptors (Lipinski definition) is 8. The quantitative estimate of drug-likeness (QED) is 0.247. The number of hydrogen-bond donors (Lipinski definition) is 1. The Morgan fingerprint density at radius 2 is 1.87 bits per heavy atom. The molecular formula is C35H40N8O4. The lowest BCUT2D eigenvalue weighted by Crippen LogP contribution is -2.41. The fourth-order valence-electron chi connectivity index (χ4n) is 7.72. The van der Waals surface area contributed by atoms with E-state index in [0.717, 1.165) is 66.0 Å². The maximum absolute atomic E-state index is 13.8. The first-order valence-electron chi connectivity index (χ1n) is 16.5. The first-order chi connectivity index (χ1) is 22.7. The molecular weight excluding hydrogens is 596 g/mol. The van der Waals surface area contributed by atoms with E-state index in [1.165, 1.54) is 0 Å². The van der Waals surface area contributed by atoms with Crippen LogP contribution < -0.4 is 10.5 Å². The Balaban J connectivity index is 1.24. The van der Waals surface area contributed by atoms with Crippen LogP contribution in [0, 0.1) is 18.8 Å². The number of esters is 1. The van der Waals surface area contributed by atoms with E-state index in [1.807, 2.05) is 54.8 Å². The zero-order valence-electron chi connectivity index (χ0n) is 27.5. The molecule has 5 heterocycles. The molecule has 2 bridgehead atoms. The molecule has 1 amide bonds. The van der Waals surface area contributed by atoms with Gasteiger partial charge < -0.3 is 29.2 Å². The van der Waals surface area contributed by atoms with Crippen LogP contribution in [0.3, 0.4) is 0 Å². The SMILES string of the molecule is CCOC(=O)c1nn(C)c(C)c1-c1ccc2cc(-c3nc4cc(C(=O)N5CC6CCC5[C@@H]6N)cc(OC)c4n3C)n(CC3CC3)c2n1. The number of aryl methyl sites for hydroxylation is 2. The van der Waals surface area contributed by atoms with Gasteiger partial charge in [-0.05, 0) is 81.7 Å². The molecule has 0 radical (unpaired) electrons. The van der Waals surface area contributed by atoms with Crippen molar-refractivity contribution >= 4 is 33.9 Å². The van der Waals surface area contributed by atoms with E-state index >= 15 is 0 Å². The molecule has 3 aliphatic rings. The lowest BCUT2D eigenvalue weighted by molar-refractivity contribution is 0.0519. The number of aromatic nitrogens is 6. The summed E-state index contributed by atoms with van der Waals surface area (Å²) in [5.41, 5.74) is 12.7. The fraction of sp³-hybridized carbons (Fsp3) is 0.457. The van der Waals surface area contributed by atoms with E-state index in [0.29, 0.717) is 46.5 Å². The van der Waals surface area contributed by atoms with Crippen molar-refractivity contribution in [2.75, 3.05) is 20.3 Å². The summed E-state index contributed by atoms with van der Waals surface area (Å²) in [4.78, 5) is 38.8. The molecule has 12 nitrogen and oxygen atoms in total. The van der Waals surface area contributed by atoms with Crippen molar-refractivity contribution in [2.24, 2.45) is 31.7 Å². The predicted molar refractivity (Wildman–Crippen MR) is 177 cm³/mol. The molecule has 244 valence electrons. The fourth-order valence-corrected chi connectivity index (χ4v) is 7.72. The molecule has 8 rings (SSSR count). The number of imidazole rings is 1. The van der Waals surface area contributed by atoms with Crippen molar-refractivity contribution in [1.29, 1.82) is 0 Å². The molecule has 2 aliphatic carbocycles. The summed E-state index contributed by atoms with van der Waals surface area (Å²) in [5.74, 6) is 1.80. The van der Waals surface area contributed by atoms with Gasteiger partial charge in [-0.25, -0.2) is 14.8 Å².